The largest absolute Gasteiger partial charge is 0.380 e. The van der Waals surface area contributed by atoms with E-state index in [0.29, 0.717) is 0 Å². The Morgan fingerprint density at radius 1 is 1.19 bits per heavy atom. The molecule has 0 amide bonds. The lowest BCUT2D eigenvalue weighted by Gasteiger charge is -2.27. The number of rotatable bonds is 7. The normalized spacial score (nSPS) is 20.2. The fraction of sp³-hybridized carbons (Fsp3) is 1.00. The molecule has 1 rings (SSSR count). The molecule has 0 aromatic heterocycles. The summed E-state index contributed by atoms with van der Waals surface area (Å²) in [5.74, 6) is 1.51. The predicted octanol–water partition coefficient (Wildman–Crippen LogP) is 3.35. The highest BCUT2D eigenvalue weighted by molar-refractivity contribution is 4.76. The Balaban J connectivity index is 1.98. The smallest absolute Gasteiger partial charge is 0.0620 e. The average molecular weight is 227 g/mol. The molecule has 96 valence electrons. The quantitative estimate of drug-likeness (QED) is 0.677. The van der Waals surface area contributed by atoms with Gasteiger partial charge in [0.25, 0.3) is 0 Å². The molecule has 1 atom stereocenters. The van der Waals surface area contributed by atoms with Gasteiger partial charge in [-0.1, -0.05) is 33.1 Å². The van der Waals surface area contributed by atoms with Crippen molar-refractivity contribution < 1.29 is 4.74 Å². The Kier molecular flexibility index (Phi) is 7.06. The van der Waals surface area contributed by atoms with Crippen LogP contribution in [0.2, 0.25) is 0 Å². The standard InChI is InChI=1S/C14H29NO/c1-12(2)7-6-10-16-11-14(15)13-8-4-3-5-9-13/h12-14H,3-11,15H2,1-2H3. The number of ether oxygens (including phenoxy) is 1. The molecule has 16 heavy (non-hydrogen) atoms. The van der Waals surface area contributed by atoms with Crippen LogP contribution in [-0.4, -0.2) is 19.3 Å². The third kappa shape index (κ3) is 5.86. The van der Waals surface area contributed by atoms with Gasteiger partial charge in [-0.05, 0) is 37.5 Å². The highest BCUT2D eigenvalue weighted by atomic mass is 16.5. The maximum atomic E-state index is 6.17. The molecule has 1 unspecified atom stereocenters. The first-order valence-corrected chi connectivity index (χ1v) is 7.03. The lowest BCUT2D eigenvalue weighted by Crippen LogP contribution is -2.36. The van der Waals surface area contributed by atoms with E-state index >= 15 is 0 Å². The molecule has 0 spiro atoms. The van der Waals surface area contributed by atoms with Crippen molar-refractivity contribution in [3.05, 3.63) is 0 Å². The molecule has 0 radical (unpaired) electrons. The topological polar surface area (TPSA) is 35.2 Å². The van der Waals surface area contributed by atoms with E-state index in [1.807, 2.05) is 0 Å². The van der Waals surface area contributed by atoms with Gasteiger partial charge in [0.2, 0.25) is 0 Å². The van der Waals surface area contributed by atoms with Crippen LogP contribution in [0.4, 0.5) is 0 Å². The zero-order valence-corrected chi connectivity index (χ0v) is 11.1. The summed E-state index contributed by atoms with van der Waals surface area (Å²) in [4.78, 5) is 0. The summed E-state index contributed by atoms with van der Waals surface area (Å²) in [5, 5.41) is 0. The summed E-state index contributed by atoms with van der Waals surface area (Å²) in [5.41, 5.74) is 6.17. The van der Waals surface area contributed by atoms with Gasteiger partial charge in [-0.15, -0.1) is 0 Å². The first-order chi connectivity index (χ1) is 7.70. The van der Waals surface area contributed by atoms with E-state index in [2.05, 4.69) is 13.8 Å². The van der Waals surface area contributed by atoms with Crippen LogP contribution in [0.5, 0.6) is 0 Å². The summed E-state index contributed by atoms with van der Waals surface area (Å²) in [6.07, 6.45) is 9.21. The van der Waals surface area contributed by atoms with Crippen molar-refractivity contribution >= 4 is 0 Å². The molecule has 0 aliphatic heterocycles. The van der Waals surface area contributed by atoms with Gasteiger partial charge in [-0.2, -0.15) is 0 Å². The lowest BCUT2D eigenvalue weighted by atomic mass is 9.84. The van der Waals surface area contributed by atoms with Gasteiger partial charge in [0.1, 0.15) is 0 Å². The Morgan fingerprint density at radius 3 is 2.50 bits per heavy atom. The van der Waals surface area contributed by atoms with E-state index in [1.165, 1.54) is 44.9 Å². The van der Waals surface area contributed by atoms with Crippen molar-refractivity contribution in [3.8, 4) is 0 Å². The maximum absolute atomic E-state index is 6.17. The predicted molar refractivity (Wildman–Crippen MR) is 69.4 cm³/mol. The van der Waals surface area contributed by atoms with Crippen LogP contribution < -0.4 is 5.73 Å². The zero-order chi connectivity index (χ0) is 11.8. The van der Waals surface area contributed by atoms with Crippen molar-refractivity contribution in [2.24, 2.45) is 17.6 Å². The highest BCUT2D eigenvalue weighted by Gasteiger charge is 2.20. The van der Waals surface area contributed by atoms with Crippen LogP contribution in [0.3, 0.4) is 0 Å². The Bertz CT molecular complexity index is 164. The number of nitrogens with two attached hydrogens (primary N) is 1. The van der Waals surface area contributed by atoms with E-state index < -0.39 is 0 Å². The lowest BCUT2D eigenvalue weighted by molar-refractivity contribution is 0.0932. The molecule has 0 heterocycles. The second-order valence-electron chi connectivity index (χ2n) is 5.67. The minimum Gasteiger partial charge on any atom is -0.380 e. The van der Waals surface area contributed by atoms with Crippen molar-refractivity contribution in [2.75, 3.05) is 13.2 Å². The van der Waals surface area contributed by atoms with Gasteiger partial charge in [0, 0.05) is 12.6 Å². The molecule has 0 bridgehead atoms. The second-order valence-corrected chi connectivity index (χ2v) is 5.67. The van der Waals surface area contributed by atoms with Crippen molar-refractivity contribution in [1.29, 1.82) is 0 Å². The van der Waals surface area contributed by atoms with Gasteiger partial charge < -0.3 is 10.5 Å². The molecular weight excluding hydrogens is 198 g/mol. The van der Waals surface area contributed by atoms with E-state index in [9.17, 15) is 0 Å². The van der Waals surface area contributed by atoms with Gasteiger partial charge in [-0.25, -0.2) is 0 Å². The molecule has 1 saturated carbocycles. The van der Waals surface area contributed by atoms with E-state index in [4.69, 9.17) is 10.5 Å². The maximum Gasteiger partial charge on any atom is 0.0620 e. The molecule has 2 heteroatoms. The fourth-order valence-electron chi connectivity index (χ4n) is 2.51. The minimum atomic E-state index is 0.277. The fourth-order valence-corrected chi connectivity index (χ4v) is 2.51. The molecule has 1 aliphatic carbocycles. The van der Waals surface area contributed by atoms with Crippen molar-refractivity contribution in [1.82, 2.24) is 0 Å². The Labute approximate surface area is 101 Å². The molecule has 0 saturated heterocycles. The third-order valence-corrected chi connectivity index (χ3v) is 3.64. The average Bonchev–Trinajstić information content (AvgIpc) is 2.29. The molecular formula is C14H29NO. The van der Waals surface area contributed by atoms with Crippen LogP contribution >= 0.6 is 0 Å². The van der Waals surface area contributed by atoms with E-state index in [0.717, 1.165) is 25.0 Å². The van der Waals surface area contributed by atoms with E-state index in [-0.39, 0.29) is 6.04 Å². The first-order valence-electron chi connectivity index (χ1n) is 7.03. The Hall–Kier alpha value is -0.0800. The SMILES string of the molecule is CC(C)CCCOCC(N)C1CCCCC1. The molecule has 1 fully saturated rings. The monoisotopic (exact) mass is 227 g/mol. The van der Waals surface area contributed by atoms with Crippen LogP contribution in [-0.2, 0) is 4.74 Å². The number of hydrogen-bond donors (Lipinski definition) is 1. The van der Waals surface area contributed by atoms with Crippen molar-refractivity contribution in [3.63, 3.8) is 0 Å². The van der Waals surface area contributed by atoms with Gasteiger partial charge in [0.15, 0.2) is 0 Å². The van der Waals surface area contributed by atoms with Crippen LogP contribution in [0.1, 0.15) is 58.8 Å². The van der Waals surface area contributed by atoms with Gasteiger partial charge in [-0.3, -0.25) is 0 Å². The summed E-state index contributed by atoms with van der Waals surface area (Å²) in [6, 6.07) is 0.277. The van der Waals surface area contributed by atoms with Crippen LogP contribution in [0.15, 0.2) is 0 Å². The van der Waals surface area contributed by atoms with Gasteiger partial charge in [0.05, 0.1) is 6.61 Å². The third-order valence-electron chi connectivity index (χ3n) is 3.64. The van der Waals surface area contributed by atoms with Crippen LogP contribution in [0.25, 0.3) is 0 Å². The minimum absolute atomic E-state index is 0.277. The summed E-state index contributed by atoms with van der Waals surface area (Å²) >= 11 is 0. The molecule has 1 aliphatic rings. The molecule has 2 nitrogen and oxygen atoms in total. The van der Waals surface area contributed by atoms with Crippen molar-refractivity contribution in [2.45, 2.75) is 64.8 Å². The summed E-state index contributed by atoms with van der Waals surface area (Å²) in [7, 11) is 0. The number of hydrogen-bond acceptors (Lipinski definition) is 2. The van der Waals surface area contributed by atoms with Gasteiger partial charge >= 0.3 is 0 Å². The summed E-state index contributed by atoms with van der Waals surface area (Å²) < 4.78 is 5.67. The highest BCUT2D eigenvalue weighted by Crippen LogP contribution is 2.25. The second kappa shape index (κ2) is 8.08. The zero-order valence-electron chi connectivity index (χ0n) is 11.1. The Morgan fingerprint density at radius 2 is 1.88 bits per heavy atom. The van der Waals surface area contributed by atoms with E-state index in [1.54, 1.807) is 0 Å². The summed E-state index contributed by atoms with van der Waals surface area (Å²) in [6.45, 7) is 6.17. The van der Waals surface area contributed by atoms with Crippen LogP contribution in [0, 0.1) is 11.8 Å². The molecule has 0 aromatic carbocycles. The molecule has 2 N–H and O–H groups in total. The first kappa shape index (κ1) is 14.0. The molecule has 0 aromatic rings.